The van der Waals surface area contributed by atoms with Crippen LogP contribution in [0.2, 0.25) is 0 Å². The van der Waals surface area contributed by atoms with Crippen LogP contribution in [0.15, 0.2) is 12.1 Å². The lowest BCUT2D eigenvalue weighted by atomic mass is 9.98. The van der Waals surface area contributed by atoms with E-state index in [0.29, 0.717) is 5.56 Å². The highest BCUT2D eigenvalue weighted by Gasteiger charge is 2.24. The first-order valence-electron chi connectivity index (χ1n) is 5.04. The Bertz CT molecular complexity index is 410. The van der Waals surface area contributed by atoms with Crippen molar-refractivity contribution in [2.24, 2.45) is 0 Å². The first-order chi connectivity index (χ1) is 7.15. The molecule has 1 N–H and O–H groups in total. The molecule has 80 valence electrons. The predicted molar refractivity (Wildman–Crippen MR) is 55.8 cm³/mol. The normalized spacial score (nSPS) is 18.7. The van der Waals surface area contributed by atoms with Crippen LogP contribution in [0.1, 0.15) is 39.6 Å². The van der Waals surface area contributed by atoms with E-state index in [1.165, 1.54) is 7.11 Å². The van der Waals surface area contributed by atoms with E-state index >= 15 is 0 Å². The fourth-order valence-electron chi connectivity index (χ4n) is 2.19. The highest BCUT2D eigenvalue weighted by Crippen LogP contribution is 2.34. The van der Waals surface area contributed by atoms with Gasteiger partial charge in [0.15, 0.2) is 0 Å². The summed E-state index contributed by atoms with van der Waals surface area (Å²) < 4.78 is 4.70. The van der Waals surface area contributed by atoms with Crippen LogP contribution in [0.5, 0.6) is 0 Å². The molecule has 3 heteroatoms. The topological polar surface area (TPSA) is 46.5 Å². The molecule has 1 aromatic rings. The summed E-state index contributed by atoms with van der Waals surface area (Å²) in [4.78, 5) is 11.4. The number of rotatable bonds is 1. The molecule has 15 heavy (non-hydrogen) atoms. The first-order valence-corrected chi connectivity index (χ1v) is 5.04. The molecule has 0 aliphatic heterocycles. The SMILES string of the molecule is COC(=O)c1ccc2c(c1C)CC[C@@H]2O. The molecule has 0 unspecified atom stereocenters. The Balaban J connectivity index is 2.51. The van der Waals surface area contributed by atoms with Gasteiger partial charge in [-0.1, -0.05) is 6.07 Å². The average Bonchev–Trinajstić information content (AvgIpc) is 2.61. The molecule has 3 nitrogen and oxygen atoms in total. The third-order valence-corrected chi connectivity index (χ3v) is 3.07. The monoisotopic (exact) mass is 206 g/mol. The molecule has 0 spiro atoms. The number of methoxy groups -OCH3 is 1. The van der Waals surface area contributed by atoms with Crippen molar-refractivity contribution in [3.05, 3.63) is 34.4 Å². The number of fused-ring (bicyclic) bond motifs is 1. The Kier molecular flexibility index (Phi) is 2.49. The van der Waals surface area contributed by atoms with Gasteiger partial charge in [0.05, 0.1) is 18.8 Å². The third kappa shape index (κ3) is 1.53. The number of hydrogen-bond donors (Lipinski definition) is 1. The fourth-order valence-corrected chi connectivity index (χ4v) is 2.19. The van der Waals surface area contributed by atoms with Gasteiger partial charge in [-0.05, 0) is 42.5 Å². The highest BCUT2D eigenvalue weighted by atomic mass is 16.5. The number of esters is 1. The summed E-state index contributed by atoms with van der Waals surface area (Å²) in [5.41, 5.74) is 3.60. The van der Waals surface area contributed by atoms with Crippen LogP contribution < -0.4 is 0 Å². The van der Waals surface area contributed by atoms with Gasteiger partial charge in [-0.2, -0.15) is 0 Å². The summed E-state index contributed by atoms with van der Waals surface area (Å²) in [5.74, 6) is -0.309. The van der Waals surface area contributed by atoms with Gasteiger partial charge in [-0.25, -0.2) is 4.79 Å². The van der Waals surface area contributed by atoms with Crippen LogP contribution in [-0.2, 0) is 11.2 Å². The van der Waals surface area contributed by atoms with Gasteiger partial charge in [0.25, 0.3) is 0 Å². The number of carbonyl (C=O) groups excluding carboxylic acids is 1. The van der Waals surface area contributed by atoms with Gasteiger partial charge in [0, 0.05) is 0 Å². The van der Waals surface area contributed by atoms with Gasteiger partial charge in [0.1, 0.15) is 0 Å². The number of aliphatic hydroxyl groups excluding tert-OH is 1. The van der Waals surface area contributed by atoms with Crippen LogP contribution in [0.25, 0.3) is 0 Å². The van der Waals surface area contributed by atoms with Gasteiger partial charge in [-0.15, -0.1) is 0 Å². The van der Waals surface area contributed by atoms with Crippen molar-refractivity contribution in [2.45, 2.75) is 25.9 Å². The lowest BCUT2D eigenvalue weighted by Crippen LogP contribution is -2.06. The number of aliphatic hydroxyl groups is 1. The zero-order valence-electron chi connectivity index (χ0n) is 8.91. The van der Waals surface area contributed by atoms with Crippen molar-refractivity contribution >= 4 is 5.97 Å². The van der Waals surface area contributed by atoms with Crippen LogP contribution in [0.4, 0.5) is 0 Å². The predicted octanol–water partition coefficient (Wildman–Crippen LogP) is 1.76. The molecule has 0 amide bonds. The molecule has 1 aliphatic rings. The van der Waals surface area contributed by atoms with Crippen molar-refractivity contribution < 1.29 is 14.6 Å². The van der Waals surface area contributed by atoms with E-state index in [2.05, 4.69) is 0 Å². The summed E-state index contributed by atoms with van der Waals surface area (Å²) in [6.07, 6.45) is 1.22. The molecule has 0 heterocycles. The molecule has 1 aromatic carbocycles. The number of ether oxygens (including phenoxy) is 1. The lowest BCUT2D eigenvalue weighted by molar-refractivity contribution is 0.0599. The summed E-state index contributed by atoms with van der Waals surface area (Å²) in [6.45, 7) is 1.91. The highest BCUT2D eigenvalue weighted by molar-refractivity contribution is 5.91. The maximum Gasteiger partial charge on any atom is 0.338 e. The van der Waals surface area contributed by atoms with Crippen molar-refractivity contribution in [3.63, 3.8) is 0 Å². The first kappa shape index (κ1) is 10.2. The van der Waals surface area contributed by atoms with Crippen molar-refractivity contribution in [1.82, 2.24) is 0 Å². The Labute approximate surface area is 88.7 Å². The fraction of sp³-hybridized carbons (Fsp3) is 0.417. The van der Waals surface area contributed by atoms with E-state index in [0.717, 1.165) is 29.5 Å². The van der Waals surface area contributed by atoms with Crippen LogP contribution >= 0.6 is 0 Å². The summed E-state index contributed by atoms with van der Waals surface area (Å²) >= 11 is 0. The Morgan fingerprint density at radius 3 is 2.93 bits per heavy atom. The summed E-state index contributed by atoms with van der Waals surface area (Å²) in [7, 11) is 1.38. The Hall–Kier alpha value is -1.35. The average molecular weight is 206 g/mol. The summed E-state index contributed by atoms with van der Waals surface area (Å²) in [5, 5.41) is 9.68. The zero-order valence-corrected chi connectivity index (χ0v) is 8.91. The third-order valence-electron chi connectivity index (χ3n) is 3.07. The largest absolute Gasteiger partial charge is 0.465 e. The van der Waals surface area contributed by atoms with Gasteiger partial charge >= 0.3 is 5.97 Å². The second-order valence-corrected chi connectivity index (χ2v) is 3.85. The minimum absolute atomic E-state index is 0.309. The van der Waals surface area contributed by atoms with E-state index in [9.17, 15) is 9.90 Å². The van der Waals surface area contributed by atoms with Crippen LogP contribution in [0.3, 0.4) is 0 Å². The number of carbonyl (C=O) groups is 1. The van der Waals surface area contributed by atoms with Crippen molar-refractivity contribution in [1.29, 1.82) is 0 Å². The number of hydrogen-bond acceptors (Lipinski definition) is 3. The number of benzene rings is 1. The Morgan fingerprint density at radius 2 is 2.27 bits per heavy atom. The van der Waals surface area contributed by atoms with Crippen molar-refractivity contribution in [3.8, 4) is 0 Å². The molecule has 2 rings (SSSR count). The standard InChI is InChI=1S/C12H14O3/c1-7-8-5-6-11(13)10(8)4-3-9(7)12(14)15-2/h3-4,11,13H,5-6H2,1-2H3/t11-/m0/s1. The van der Waals surface area contributed by atoms with E-state index < -0.39 is 0 Å². The molecule has 1 aliphatic carbocycles. The maximum absolute atomic E-state index is 11.4. The zero-order chi connectivity index (χ0) is 11.0. The van der Waals surface area contributed by atoms with E-state index in [-0.39, 0.29) is 12.1 Å². The molecule has 0 bridgehead atoms. The lowest BCUT2D eigenvalue weighted by Gasteiger charge is -2.10. The molecular weight excluding hydrogens is 192 g/mol. The van der Waals surface area contributed by atoms with Gasteiger partial charge < -0.3 is 9.84 Å². The quantitative estimate of drug-likeness (QED) is 0.712. The molecule has 0 radical (unpaired) electrons. The smallest absolute Gasteiger partial charge is 0.338 e. The molecular formula is C12H14O3. The van der Waals surface area contributed by atoms with Crippen LogP contribution in [0, 0.1) is 6.92 Å². The second-order valence-electron chi connectivity index (χ2n) is 3.85. The molecule has 1 atom stereocenters. The molecule has 0 saturated carbocycles. The van der Waals surface area contributed by atoms with Crippen LogP contribution in [-0.4, -0.2) is 18.2 Å². The van der Waals surface area contributed by atoms with Gasteiger partial charge in [0.2, 0.25) is 0 Å². The minimum atomic E-state index is -0.370. The van der Waals surface area contributed by atoms with Gasteiger partial charge in [-0.3, -0.25) is 0 Å². The Morgan fingerprint density at radius 1 is 1.53 bits per heavy atom. The molecule has 0 saturated heterocycles. The molecule has 0 fully saturated rings. The maximum atomic E-state index is 11.4. The molecule has 0 aromatic heterocycles. The van der Waals surface area contributed by atoms with E-state index in [4.69, 9.17) is 4.74 Å². The van der Waals surface area contributed by atoms with Crippen molar-refractivity contribution in [2.75, 3.05) is 7.11 Å². The van der Waals surface area contributed by atoms with E-state index in [1.54, 1.807) is 6.07 Å². The second kappa shape index (κ2) is 3.66. The summed E-state index contributed by atoms with van der Waals surface area (Å²) in [6, 6.07) is 3.56. The van der Waals surface area contributed by atoms with E-state index in [1.807, 2.05) is 13.0 Å². The minimum Gasteiger partial charge on any atom is -0.465 e.